The van der Waals surface area contributed by atoms with Crippen LogP contribution in [0.2, 0.25) is 0 Å². The Morgan fingerprint density at radius 1 is 1.00 bits per heavy atom. The fraction of sp³-hybridized carbons (Fsp3) is 0.417. The van der Waals surface area contributed by atoms with Gasteiger partial charge in [0.1, 0.15) is 34.9 Å². The third-order valence-electron chi connectivity index (χ3n) is 5.70. The van der Waals surface area contributed by atoms with Gasteiger partial charge in [-0.1, -0.05) is 25.2 Å². The Morgan fingerprint density at radius 2 is 1.70 bits per heavy atom. The maximum Gasteiger partial charge on any atom is 0.260 e. The third kappa shape index (κ3) is 4.69. The van der Waals surface area contributed by atoms with Gasteiger partial charge < -0.3 is 23.8 Å². The Kier molecular flexibility index (Phi) is 7.20. The van der Waals surface area contributed by atoms with E-state index < -0.39 is 0 Å². The molecular formula is C24H29N3O5S. The molecule has 0 N–H and O–H groups in total. The first-order chi connectivity index (χ1) is 16.1. The number of anilines is 1. The molecule has 176 valence electrons. The number of hydrogen-bond donors (Lipinski definition) is 0. The number of thiazole rings is 1. The SMILES string of the molecule is CCN(CC)CCN(C(=O)c1ccc2c(c1)OCCO2)c1nc2c(OC)ccc(OC)c2s1. The molecule has 0 saturated carbocycles. The Bertz CT molecular complexity index is 1090. The van der Waals surface area contributed by atoms with Gasteiger partial charge in [0, 0.05) is 18.7 Å². The summed E-state index contributed by atoms with van der Waals surface area (Å²) in [5.41, 5.74) is 1.21. The van der Waals surface area contributed by atoms with Crippen molar-refractivity contribution in [1.82, 2.24) is 9.88 Å². The number of methoxy groups -OCH3 is 2. The molecule has 3 aromatic rings. The van der Waals surface area contributed by atoms with E-state index >= 15 is 0 Å². The molecule has 2 aromatic carbocycles. The highest BCUT2D eigenvalue weighted by Crippen LogP contribution is 2.40. The van der Waals surface area contributed by atoms with Gasteiger partial charge in [0.2, 0.25) is 0 Å². The molecule has 8 nitrogen and oxygen atoms in total. The summed E-state index contributed by atoms with van der Waals surface area (Å²) >= 11 is 1.42. The minimum absolute atomic E-state index is 0.142. The molecule has 9 heteroatoms. The third-order valence-corrected chi connectivity index (χ3v) is 6.79. The summed E-state index contributed by atoms with van der Waals surface area (Å²) in [6.45, 7) is 8.24. The fourth-order valence-electron chi connectivity index (χ4n) is 3.79. The van der Waals surface area contributed by atoms with Crippen LogP contribution >= 0.6 is 11.3 Å². The van der Waals surface area contributed by atoms with Gasteiger partial charge in [-0.3, -0.25) is 9.69 Å². The van der Waals surface area contributed by atoms with Gasteiger partial charge in [0.05, 0.1) is 14.2 Å². The number of rotatable bonds is 9. The smallest absolute Gasteiger partial charge is 0.260 e. The van der Waals surface area contributed by atoms with Gasteiger partial charge in [0.25, 0.3) is 5.91 Å². The second-order valence-electron chi connectivity index (χ2n) is 7.49. The van der Waals surface area contributed by atoms with E-state index in [1.165, 1.54) is 11.3 Å². The second kappa shape index (κ2) is 10.3. The summed E-state index contributed by atoms with van der Waals surface area (Å²) in [6.07, 6.45) is 0. The summed E-state index contributed by atoms with van der Waals surface area (Å²) in [5, 5.41) is 0.597. The van der Waals surface area contributed by atoms with E-state index in [1.54, 1.807) is 37.3 Å². The first-order valence-electron chi connectivity index (χ1n) is 11.0. The number of amides is 1. The lowest BCUT2D eigenvalue weighted by molar-refractivity contribution is 0.0982. The van der Waals surface area contributed by atoms with E-state index in [9.17, 15) is 4.79 Å². The first kappa shape index (κ1) is 23.1. The van der Waals surface area contributed by atoms with Gasteiger partial charge in [-0.25, -0.2) is 4.98 Å². The van der Waals surface area contributed by atoms with Crippen molar-refractivity contribution in [2.75, 3.05) is 58.5 Å². The molecule has 1 aromatic heterocycles. The number of ether oxygens (including phenoxy) is 4. The van der Waals surface area contributed by atoms with Crippen molar-refractivity contribution in [2.24, 2.45) is 0 Å². The molecule has 0 aliphatic carbocycles. The van der Waals surface area contributed by atoms with Crippen LogP contribution in [-0.2, 0) is 0 Å². The summed E-state index contributed by atoms with van der Waals surface area (Å²) in [4.78, 5) is 22.5. The Morgan fingerprint density at radius 3 is 2.39 bits per heavy atom. The summed E-state index contributed by atoms with van der Waals surface area (Å²) in [6, 6.07) is 8.98. The lowest BCUT2D eigenvalue weighted by Crippen LogP contribution is -2.39. The van der Waals surface area contributed by atoms with E-state index in [0.717, 1.165) is 24.3 Å². The molecular weight excluding hydrogens is 442 g/mol. The van der Waals surface area contributed by atoms with Crippen LogP contribution in [0.4, 0.5) is 5.13 Å². The zero-order valence-corrected chi connectivity index (χ0v) is 20.2. The highest BCUT2D eigenvalue weighted by molar-refractivity contribution is 7.22. The highest BCUT2D eigenvalue weighted by Gasteiger charge is 2.25. The molecule has 0 saturated heterocycles. The first-order valence-corrected chi connectivity index (χ1v) is 11.9. The standard InChI is InChI=1S/C24H29N3O5S/c1-5-26(6-2)11-12-27(23(28)16-7-8-17-20(15-16)32-14-13-31-17)24-25-21-18(29-3)9-10-19(30-4)22(21)33-24/h7-10,15H,5-6,11-14H2,1-4H3. The predicted octanol–water partition coefficient (Wildman–Crippen LogP) is 4.07. The van der Waals surface area contributed by atoms with Crippen LogP contribution in [0.3, 0.4) is 0 Å². The molecule has 0 spiro atoms. The van der Waals surface area contributed by atoms with Crippen LogP contribution in [-0.4, -0.2) is 69.4 Å². The van der Waals surface area contributed by atoms with Crippen LogP contribution in [0.1, 0.15) is 24.2 Å². The molecule has 1 amide bonds. The minimum atomic E-state index is -0.142. The van der Waals surface area contributed by atoms with E-state index in [2.05, 4.69) is 18.7 Å². The molecule has 1 aliphatic rings. The van der Waals surface area contributed by atoms with Gasteiger partial charge in [0.15, 0.2) is 16.6 Å². The van der Waals surface area contributed by atoms with Crippen molar-refractivity contribution in [3.05, 3.63) is 35.9 Å². The van der Waals surface area contributed by atoms with Gasteiger partial charge >= 0.3 is 0 Å². The van der Waals surface area contributed by atoms with Crippen LogP contribution in [0.15, 0.2) is 30.3 Å². The van der Waals surface area contributed by atoms with E-state index in [4.69, 9.17) is 23.9 Å². The van der Waals surface area contributed by atoms with Crippen molar-refractivity contribution in [1.29, 1.82) is 0 Å². The molecule has 4 rings (SSSR count). The van der Waals surface area contributed by atoms with Crippen molar-refractivity contribution in [3.63, 3.8) is 0 Å². The molecule has 0 bridgehead atoms. The van der Waals surface area contributed by atoms with Crippen molar-refractivity contribution in [3.8, 4) is 23.0 Å². The number of nitrogens with zero attached hydrogens (tertiary/aromatic N) is 3. The number of likely N-dealkylation sites (N-methyl/N-ethyl adjacent to an activating group) is 1. The zero-order chi connectivity index (χ0) is 23.4. The fourth-order valence-corrected chi connectivity index (χ4v) is 4.89. The maximum absolute atomic E-state index is 13.7. The summed E-state index contributed by atoms with van der Waals surface area (Å²) in [5.74, 6) is 2.44. The van der Waals surface area contributed by atoms with Crippen molar-refractivity contribution < 1.29 is 23.7 Å². The number of carbonyl (C=O) groups is 1. The number of benzene rings is 2. The number of carbonyl (C=O) groups excluding carboxylic acids is 1. The molecule has 0 atom stereocenters. The number of aromatic nitrogens is 1. The summed E-state index contributed by atoms with van der Waals surface area (Å²) < 4.78 is 23.2. The highest BCUT2D eigenvalue weighted by atomic mass is 32.1. The van der Waals surface area contributed by atoms with Crippen LogP contribution in [0.25, 0.3) is 10.2 Å². The topological polar surface area (TPSA) is 73.4 Å². The molecule has 2 heterocycles. The largest absolute Gasteiger partial charge is 0.495 e. The predicted molar refractivity (Wildman–Crippen MR) is 130 cm³/mol. The molecule has 0 unspecified atom stereocenters. The number of hydrogen-bond acceptors (Lipinski definition) is 8. The molecule has 0 radical (unpaired) electrons. The zero-order valence-electron chi connectivity index (χ0n) is 19.4. The Balaban J connectivity index is 1.74. The van der Waals surface area contributed by atoms with E-state index in [0.29, 0.717) is 59.0 Å². The monoisotopic (exact) mass is 471 g/mol. The second-order valence-corrected chi connectivity index (χ2v) is 8.46. The minimum Gasteiger partial charge on any atom is -0.495 e. The van der Waals surface area contributed by atoms with Crippen molar-refractivity contribution >= 4 is 32.6 Å². The molecule has 0 fully saturated rings. The van der Waals surface area contributed by atoms with Gasteiger partial charge in [-0.05, 0) is 43.4 Å². The van der Waals surface area contributed by atoms with E-state index in [-0.39, 0.29) is 5.91 Å². The lowest BCUT2D eigenvalue weighted by atomic mass is 10.1. The Labute approximate surface area is 197 Å². The quantitative estimate of drug-likeness (QED) is 0.466. The van der Waals surface area contributed by atoms with Crippen LogP contribution in [0, 0.1) is 0 Å². The summed E-state index contributed by atoms with van der Waals surface area (Å²) in [7, 11) is 3.23. The maximum atomic E-state index is 13.7. The molecule has 1 aliphatic heterocycles. The van der Waals surface area contributed by atoms with Crippen LogP contribution in [0.5, 0.6) is 23.0 Å². The molecule has 33 heavy (non-hydrogen) atoms. The average Bonchev–Trinajstić information content (AvgIpc) is 3.30. The lowest BCUT2D eigenvalue weighted by Gasteiger charge is -2.25. The van der Waals surface area contributed by atoms with Crippen molar-refractivity contribution in [2.45, 2.75) is 13.8 Å². The van der Waals surface area contributed by atoms with Gasteiger partial charge in [-0.15, -0.1) is 0 Å². The average molecular weight is 472 g/mol. The normalized spacial score (nSPS) is 12.8. The van der Waals surface area contributed by atoms with Crippen LogP contribution < -0.4 is 23.8 Å². The number of fused-ring (bicyclic) bond motifs is 2. The van der Waals surface area contributed by atoms with Gasteiger partial charge in [-0.2, -0.15) is 0 Å². The van der Waals surface area contributed by atoms with E-state index in [1.807, 2.05) is 12.1 Å². The Hall–Kier alpha value is -3.04.